The van der Waals surface area contributed by atoms with Crippen molar-refractivity contribution in [3.05, 3.63) is 94.0 Å². The van der Waals surface area contributed by atoms with E-state index in [4.69, 9.17) is 23.7 Å². The SMILES string of the molecule is COc1cc2c3cc1Oc1c(OC)c(OC)cc4c1[C@H](Cc1ccc(cc1)Oc1cc(ccc1NC=O)C[C@H]3N(C)CC2)N(C)CC4. The van der Waals surface area contributed by atoms with Crippen LogP contribution >= 0.6 is 0 Å². The van der Waals surface area contributed by atoms with E-state index in [1.165, 1.54) is 16.7 Å². The maximum atomic E-state index is 11.5. The lowest BCUT2D eigenvalue weighted by molar-refractivity contribution is -0.105. The van der Waals surface area contributed by atoms with Crippen molar-refractivity contribution in [3.63, 3.8) is 0 Å². The Morgan fingerprint density at radius 1 is 0.745 bits per heavy atom. The molecule has 0 radical (unpaired) electrons. The largest absolute Gasteiger partial charge is 0.493 e. The Morgan fingerprint density at radius 3 is 2.15 bits per heavy atom. The van der Waals surface area contributed by atoms with Gasteiger partial charge in [0.15, 0.2) is 28.7 Å². The minimum absolute atomic E-state index is 0.0155. The van der Waals surface area contributed by atoms with Crippen molar-refractivity contribution in [2.24, 2.45) is 0 Å². The number of hydrogen-bond acceptors (Lipinski definition) is 8. The van der Waals surface area contributed by atoms with Gasteiger partial charge in [-0.2, -0.15) is 0 Å². The lowest BCUT2D eigenvalue weighted by Gasteiger charge is -2.37. The number of carbonyl (C=O) groups excluding carboxylic acids is 1. The number of amides is 1. The van der Waals surface area contributed by atoms with Crippen molar-refractivity contribution in [2.75, 3.05) is 53.8 Å². The van der Waals surface area contributed by atoms with Crippen molar-refractivity contribution in [1.29, 1.82) is 0 Å². The van der Waals surface area contributed by atoms with Crippen LogP contribution in [-0.2, 0) is 30.5 Å². The van der Waals surface area contributed by atoms with E-state index in [9.17, 15) is 4.79 Å². The van der Waals surface area contributed by atoms with Crippen molar-refractivity contribution < 1.29 is 28.5 Å². The van der Waals surface area contributed by atoms with Crippen LogP contribution in [0.3, 0.4) is 0 Å². The van der Waals surface area contributed by atoms with Crippen molar-refractivity contribution >= 4 is 12.1 Å². The van der Waals surface area contributed by atoms with Crippen LogP contribution in [0, 0.1) is 0 Å². The molecule has 9 nitrogen and oxygen atoms in total. The minimum Gasteiger partial charge on any atom is -0.493 e. The highest BCUT2D eigenvalue weighted by atomic mass is 16.5. The third kappa shape index (κ3) is 5.74. The molecule has 0 aliphatic carbocycles. The number of carbonyl (C=O) groups is 1. The molecule has 0 saturated heterocycles. The molecular formula is C38H41N3O6. The van der Waals surface area contributed by atoms with E-state index in [1.54, 1.807) is 21.3 Å². The summed E-state index contributed by atoms with van der Waals surface area (Å²) in [6.45, 7) is 1.81. The summed E-state index contributed by atoms with van der Waals surface area (Å²) >= 11 is 0. The third-order valence-corrected chi connectivity index (χ3v) is 9.88. The van der Waals surface area contributed by atoms with Crippen LogP contribution in [0.4, 0.5) is 5.69 Å². The molecule has 0 fully saturated rings. The Balaban J connectivity index is 1.45. The van der Waals surface area contributed by atoms with Crippen LogP contribution < -0.4 is 29.0 Å². The number of nitrogens with one attached hydrogen (secondary N) is 1. The zero-order chi connectivity index (χ0) is 32.7. The van der Waals surface area contributed by atoms with Gasteiger partial charge in [-0.1, -0.05) is 18.2 Å². The van der Waals surface area contributed by atoms with Gasteiger partial charge in [0.05, 0.1) is 27.0 Å². The zero-order valence-corrected chi connectivity index (χ0v) is 27.6. The van der Waals surface area contributed by atoms with Crippen molar-refractivity contribution in [2.45, 2.75) is 37.8 Å². The third-order valence-electron chi connectivity index (χ3n) is 9.88. The first kappa shape index (κ1) is 30.9. The normalized spacial score (nSPS) is 18.9. The minimum atomic E-state index is 0.0155. The van der Waals surface area contributed by atoms with Crippen LogP contribution in [0.1, 0.15) is 45.5 Å². The lowest BCUT2D eigenvalue weighted by Crippen LogP contribution is -2.34. The molecule has 4 aromatic carbocycles. The number of nitrogens with zero attached hydrogens (tertiary/aromatic N) is 2. The number of ether oxygens (including phenoxy) is 5. The molecule has 4 heterocycles. The van der Waals surface area contributed by atoms with Crippen LogP contribution in [0.2, 0.25) is 0 Å². The number of rotatable bonds is 5. The molecule has 2 atom stereocenters. The highest BCUT2D eigenvalue weighted by molar-refractivity contribution is 5.76. The number of fused-ring (bicyclic) bond motifs is 2. The van der Waals surface area contributed by atoms with Crippen LogP contribution in [-0.4, -0.2) is 64.7 Å². The van der Waals surface area contributed by atoms with Gasteiger partial charge in [-0.05, 0) is 110 Å². The topological polar surface area (TPSA) is 81.7 Å². The maximum absolute atomic E-state index is 11.5. The van der Waals surface area contributed by atoms with Gasteiger partial charge in [0.25, 0.3) is 0 Å². The highest BCUT2D eigenvalue weighted by Gasteiger charge is 2.34. The smallest absolute Gasteiger partial charge is 0.211 e. The molecule has 1 amide bonds. The van der Waals surface area contributed by atoms with E-state index in [2.05, 4.69) is 59.5 Å². The fourth-order valence-electron chi connectivity index (χ4n) is 7.31. The first-order valence-electron chi connectivity index (χ1n) is 16.1. The van der Waals surface area contributed by atoms with E-state index in [1.807, 2.05) is 30.3 Å². The monoisotopic (exact) mass is 635 g/mol. The van der Waals surface area contributed by atoms with Gasteiger partial charge in [-0.3, -0.25) is 14.6 Å². The maximum Gasteiger partial charge on any atom is 0.211 e. The lowest BCUT2D eigenvalue weighted by atomic mass is 9.87. The predicted octanol–water partition coefficient (Wildman–Crippen LogP) is 6.72. The molecule has 0 aromatic heterocycles. The van der Waals surface area contributed by atoms with Gasteiger partial charge in [0, 0.05) is 30.7 Å². The average molecular weight is 636 g/mol. The van der Waals surface area contributed by atoms with E-state index < -0.39 is 0 Å². The summed E-state index contributed by atoms with van der Waals surface area (Å²) in [5.41, 5.74) is 7.56. The van der Waals surface area contributed by atoms with Crippen molar-refractivity contribution in [3.8, 4) is 40.2 Å². The Labute approximate surface area is 275 Å². The van der Waals surface area contributed by atoms with Crippen molar-refractivity contribution in [1.82, 2.24) is 9.80 Å². The summed E-state index contributed by atoms with van der Waals surface area (Å²) in [6, 6.07) is 20.6. The van der Waals surface area contributed by atoms with E-state index >= 15 is 0 Å². The molecule has 9 heteroatoms. The Morgan fingerprint density at radius 2 is 1.43 bits per heavy atom. The molecule has 6 bridgehead atoms. The fraction of sp³-hybridized carbons (Fsp3) is 0.342. The molecule has 0 unspecified atom stereocenters. The van der Waals surface area contributed by atoms with Gasteiger partial charge in [0.2, 0.25) is 12.2 Å². The number of hydrogen-bond donors (Lipinski definition) is 1. The molecule has 4 aromatic rings. The molecule has 0 saturated carbocycles. The molecule has 47 heavy (non-hydrogen) atoms. The van der Waals surface area contributed by atoms with Gasteiger partial charge in [0.1, 0.15) is 5.75 Å². The zero-order valence-electron chi connectivity index (χ0n) is 27.6. The highest BCUT2D eigenvalue weighted by Crippen LogP contribution is 2.51. The molecule has 244 valence electrons. The molecule has 1 N–H and O–H groups in total. The van der Waals surface area contributed by atoms with Gasteiger partial charge >= 0.3 is 0 Å². The number of anilines is 1. The number of likely N-dealkylation sites (N-methyl/N-ethyl adjacent to an activating group) is 2. The first-order chi connectivity index (χ1) is 22.9. The molecule has 4 aliphatic heterocycles. The molecule has 0 spiro atoms. The summed E-state index contributed by atoms with van der Waals surface area (Å²) in [4.78, 5) is 16.2. The molecule has 4 aliphatic rings. The average Bonchev–Trinajstić information content (AvgIpc) is 3.08. The Hall–Kier alpha value is -4.73. The summed E-state index contributed by atoms with van der Waals surface area (Å²) in [6.07, 6.45) is 3.92. The van der Waals surface area contributed by atoms with Gasteiger partial charge < -0.3 is 29.0 Å². The number of methoxy groups -OCH3 is 3. The van der Waals surface area contributed by atoms with Crippen LogP contribution in [0.5, 0.6) is 40.2 Å². The fourth-order valence-corrected chi connectivity index (χ4v) is 7.31. The van der Waals surface area contributed by atoms with Crippen LogP contribution in [0.25, 0.3) is 0 Å². The molecule has 8 rings (SSSR count). The standard InChI is InChI=1S/C38H41N3O6/c1-40-14-12-25-19-33(43-3)34-21-28(25)30(40)17-24-8-11-29(39-22-42)32(18-24)46-27-9-6-23(7-10-27)16-31-36-26(13-15-41(31)2)20-35(44-4)37(45-5)38(36)47-34/h6-11,18-22,30-31H,12-17H2,1-5H3,(H,39,42)/t30-,31+/m1/s1. The first-order valence-corrected chi connectivity index (χ1v) is 16.1. The van der Waals surface area contributed by atoms with E-state index in [0.29, 0.717) is 52.3 Å². The summed E-state index contributed by atoms with van der Waals surface area (Å²) in [5, 5.41) is 2.80. The van der Waals surface area contributed by atoms with E-state index in [0.717, 1.165) is 55.5 Å². The Kier molecular flexibility index (Phi) is 8.42. The quantitative estimate of drug-likeness (QED) is 0.242. The second-order valence-corrected chi connectivity index (χ2v) is 12.6. The predicted molar refractivity (Wildman–Crippen MR) is 181 cm³/mol. The van der Waals surface area contributed by atoms with Gasteiger partial charge in [-0.25, -0.2) is 0 Å². The van der Waals surface area contributed by atoms with Crippen LogP contribution in [0.15, 0.2) is 60.7 Å². The summed E-state index contributed by atoms with van der Waals surface area (Å²) < 4.78 is 31.3. The summed E-state index contributed by atoms with van der Waals surface area (Å²) in [7, 11) is 9.34. The number of benzene rings is 4. The van der Waals surface area contributed by atoms with Gasteiger partial charge in [-0.15, -0.1) is 0 Å². The molecular weight excluding hydrogens is 594 g/mol. The second-order valence-electron chi connectivity index (χ2n) is 12.6. The Bertz CT molecular complexity index is 1810. The second kappa shape index (κ2) is 12.8. The van der Waals surface area contributed by atoms with E-state index in [-0.39, 0.29) is 12.1 Å². The summed E-state index contributed by atoms with van der Waals surface area (Å²) in [5.74, 6) is 4.48.